The van der Waals surface area contributed by atoms with Crippen LogP contribution in [0, 0.1) is 0 Å². The number of piperazine rings is 1. The predicted octanol–water partition coefficient (Wildman–Crippen LogP) is 0.0208. The van der Waals surface area contributed by atoms with Gasteiger partial charge < -0.3 is 10.2 Å². The molecule has 1 aliphatic rings. The number of quaternary nitrogens is 2. The molecule has 0 saturated carbocycles. The molecule has 0 bridgehead atoms. The van der Waals surface area contributed by atoms with Crippen LogP contribution < -0.4 is 10.2 Å². The van der Waals surface area contributed by atoms with E-state index >= 15 is 0 Å². The largest absolute Gasteiger partial charge is 0.337 e. The van der Waals surface area contributed by atoms with Gasteiger partial charge in [-0.25, -0.2) is 0 Å². The zero-order valence-electron chi connectivity index (χ0n) is 10.5. The van der Waals surface area contributed by atoms with Crippen molar-refractivity contribution in [1.82, 2.24) is 0 Å². The Bertz CT molecular complexity index is 296. The minimum atomic E-state index is 1.27. The number of benzene rings is 1. The third-order valence-corrected chi connectivity index (χ3v) is 4.44. The number of unbranched alkanes of at least 4 members (excludes halogenated alkanes) is 1. The molecule has 94 valence electrons. The van der Waals surface area contributed by atoms with E-state index in [-0.39, 0.29) is 0 Å². The maximum atomic E-state index is 2.44. The molecule has 1 aromatic carbocycles. The van der Waals surface area contributed by atoms with Gasteiger partial charge in [0.15, 0.2) is 0 Å². The Labute approximate surface area is 109 Å². The second kappa shape index (κ2) is 7.75. The van der Waals surface area contributed by atoms with Crippen molar-refractivity contribution in [3.63, 3.8) is 0 Å². The number of hydrogen-bond acceptors (Lipinski definition) is 1. The molecule has 0 radical (unpaired) electrons. The van der Waals surface area contributed by atoms with Crippen LogP contribution in [0.25, 0.3) is 0 Å². The van der Waals surface area contributed by atoms with Crippen LogP contribution in [0.4, 0.5) is 0 Å². The summed E-state index contributed by atoms with van der Waals surface area (Å²) < 4.78 is 0. The Kier molecular flexibility index (Phi) is 5.89. The Morgan fingerprint density at radius 1 is 1.06 bits per heavy atom. The van der Waals surface area contributed by atoms with Crippen molar-refractivity contribution in [1.29, 1.82) is 0 Å². The molecule has 2 nitrogen and oxygen atoms in total. The molecular formula is C14H24N2S+2. The van der Waals surface area contributed by atoms with E-state index in [4.69, 9.17) is 0 Å². The molecule has 0 atom stereocenters. The second-order valence-corrected chi connectivity index (χ2v) is 5.90. The molecule has 1 fully saturated rings. The van der Waals surface area contributed by atoms with Gasteiger partial charge in [0.1, 0.15) is 26.2 Å². The summed E-state index contributed by atoms with van der Waals surface area (Å²) in [7, 11) is 0. The zero-order valence-corrected chi connectivity index (χ0v) is 11.3. The van der Waals surface area contributed by atoms with Crippen LogP contribution >= 0.6 is 11.8 Å². The van der Waals surface area contributed by atoms with Crippen LogP contribution in [-0.4, -0.2) is 38.5 Å². The van der Waals surface area contributed by atoms with Gasteiger partial charge in [0.05, 0.1) is 6.54 Å². The first-order chi connectivity index (χ1) is 8.45. The summed E-state index contributed by atoms with van der Waals surface area (Å²) >= 11 is 1.99. The van der Waals surface area contributed by atoms with Crippen molar-refractivity contribution >= 4 is 11.8 Å². The van der Waals surface area contributed by atoms with E-state index in [2.05, 4.69) is 35.6 Å². The minimum Gasteiger partial charge on any atom is -0.337 e. The van der Waals surface area contributed by atoms with Crippen LogP contribution in [-0.2, 0) is 0 Å². The molecule has 0 unspecified atom stereocenters. The highest BCUT2D eigenvalue weighted by molar-refractivity contribution is 7.99. The molecule has 1 saturated heterocycles. The maximum absolute atomic E-state index is 2.44. The van der Waals surface area contributed by atoms with E-state index in [1.807, 2.05) is 16.7 Å². The summed E-state index contributed by atoms with van der Waals surface area (Å²) in [6.45, 7) is 6.77. The van der Waals surface area contributed by atoms with Gasteiger partial charge in [-0.05, 0) is 30.7 Å². The highest BCUT2D eigenvalue weighted by atomic mass is 32.2. The van der Waals surface area contributed by atoms with Gasteiger partial charge in [-0.1, -0.05) is 18.2 Å². The monoisotopic (exact) mass is 252 g/mol. The van der Waals surface area contributed by atoms with Gasteiger partial charge in [0.25, 0.3) is 0 Å². The Hall–Kier alpha value is -0.510. The van der Waals surface area contributed by atoms with E-state index in [1.165, 1.54) is 56.2 Å². The Morgan fingerprint density at radius 2 is 1.82 bits per heavy atom. The first-order valence-electron chi connectivity index (χ1n) is 6.78. The molecule has 0 aliphatic carbocycles. The molecule has 17 heavy (non-hydrogen) atoms. The summed E-state index contributed by atoms with van der Waals surface area (Å²) in [5.74, 6) is 1.27. The molecule has 1 heterocycles. The lowest BCUT2D eigenvalue weighted by Gasteiger charge is -2.21. The summed E-state index contributed by atoms with van der Waals surface area (Å²) in [5, 5.41) is 2.44. The van der Waals surface area contributed by atoms with Gasteiger partial charge in [-0.3, -0.25) is 0 Å². The molecule has 1 aromatic rings. The van der Waals surface area contributed by atoms with Gasteiger partial charge in [0.2, 0.25) is 0 Å². The number of hydrogen-bond donors (Lipinski definition) is 2. The van der Waals surface area contributed by atoms with Gasteiger partial charge >= 0.3 is 0 Å². The van der Waals surface area contributed by atoms with Crippen LogP contribution in [0.15, 0.2) is 35.2 Å². The Balaban J connectivity index is 1.51. The average Bonchev–Trinajstić information content (AvgIpc) is 2.41. The molecule has 3 heteroatoms. The quantitative estimate of drug-likeness (QED) is 0.540. The normalized spacial score (nSPS) is 17.2. The molecule has 3 N–H and O–H groups in total. The lowest BCUT2D eigenvalue weighted by molar-refractivity contribution is -0.946. The molecule has 0 amide bonds. The van der Waals surface area contributed by atoms with E-state index in [0.717, 1.165) is 0 Å². The fourth-order valence-electron chi connectivity index (χ4n) is 2.32. The van der Waals surface area contributed by atoms with Crippen LogP contribution in [0.2, 0.25) is 0 Å². The fourth-order valence-corrected chi connectivity index (χ4v) is 3.25. The first kappa shape index (κ1) is 12.9. The van der Waals surface area contributed by atoms with E-state index < -0.39 is 0 Å². The van der Waals surface area contributed by atoms with Crippen molar-refractivity contribution in [2.75, 3.05) is 38.5 Å². The van der Waals surface area contributed by atoms with Gasteiger partial charge in [-0.15, -0.1) is 11.8 Å². The van der Waals surface area contributed by atoms with Crippen molar-refractivity contribution in [2.24, 2.45) is 0 Å². The lowest BCUT2D eigenvalue weighted by Crippen LogP contribution is -3.20. The van der Waals surface area contributed by atoms with Crippen LogP contribution in [0.5, 0.6) is 0 Å². The van der Waals surface area contributed by atoms with E-state index in [9.17, 15) is 0 Å². The summed E-state index contributed by atoms with van der Waals surface area (Å²) in [6, 6.07) is 10.7. The smallest absolute Gasteiger partial charge is 0.127 e. The second-order valence-electron chi connectivity index (χ2n) is 4.73. The topological polar surface area (TPSA) is 21.1 Å². The first-order valence-corrected chi connectivity index (χ1v) is 7.77. The van der Waals surface area contributed by atoms with E-state index in [1.54, 1.807) is 0 Å². The number of nitrogens with one attached hydrogen (secondary N) is 1. The van der Waals surface area contributed by atoms with Crippen molar-refractivity contribution in [3.05, 3.63) is 30.3 Å². The summed E-state index contributed by atoms with van der Waals surface area (Å²) in [5.41, 5.74) is 0. The lowest BCUT2D eigenvalue weighted by atomic mass is 10.3. The number of thioether (sulfide) groups is 1. The number of nitrogens with two attached hydrogens (primary N) is 1. The van der Waals surface area contributed by atoms with Crippen molar-refractivity contribution in [2.45, 2.75) is 17.7 Å². The van der Waals surface area contributed by atoms with Crippen LogP contribution in [0.3, 0.4) is 0 Å². The van der Waals surface area contributed by atoms with Crippen molar-refractivity contribution < 1.29 is 10.2 Å². The van der Waals surface area contributed by atoms with Gasteiger partial charge in [-0.2, -0.15) is 0 Å². The molecular weight excluding hydrogens is 228 g/mol. The maximum Gasteiger partial charge on any atom is 0.127 e. The Morgan fingerprint density at radius 3 is 2.59 bits per heavy atom. The highest BCUT2D eigenvalue weighted by Crippen LogP contribution is 2.17. The van der Waals surface area contributed by atoms with Crippen LogP contribution in [0.1, 0.15) is 12.8 Å². The van der Waals surface area contributed by atoms with E-state index in [0.29, 0.717) is 0 Å². The predicted molar refractivity (Wildman–Crippen MR) is 73.6 cm³/mol. The third-order valence-electron chi connectivity index (χ3n) is 3.34. The average molecular weight is 252 g/mol. The highest BCUT2D eigenvalue weighted by Gasteiger charge is 2.14. The summed E-state index contributed by atoms with van der Waals surface area (Å²) in [6.07, 6.45) is 2.74. The number of rotatable bonds is 6. The molecule has 1 aliphatic heterocycles. The van der Waals surface area contributed by atoms with Gasteiger partial charge in [0, 0.05) is 4.90 Å². The molecule has 0 aromatic heterocycles. The minimum absolute atomic E-state index is 1.27. The fraction of sp³-hybridized carbons (Fsp3) is 0.571. The SMILES string of the molecule is c1ccc(SCCCC[NH+]2CC[NH2+]CC2)cc1. The third kappa shape index (κ3) is 5.11. The molecule has 2 rings (SSSR count). The molecule has 0 spiro atoms. The van der Waals surface area contributed by atoms with Crippen molar-refractivity contribution in [3.8, 4) is 0 Å². The standard InChI is InChI=1S/C14H22N2S/c1-2-6-14(7-3-1)17-13-5-4-10-16-11-8-15-9-12-16/h1-3,6-7,15H,4-5,8-13H2/p+2. The summed E-state index contributed by atoms with van der Waals surface area (Å²) in [4.78, 5) is 3.23. The zero-order chi connectivity index (χ0) is 11.8.